The van der Waals surface area contributed by atoms with Crippen molar-refractivity contribution >= 4 is 11.9 Å². The summed E-state index contributed by atoms with van der Waals surface area (Å²) in [6.07, 6.45) is 3.69. The number of hydrogen-bond donors (Lipinski definition) is 3. The van der Waals surface area contributed by atoms with Crippen molar-refractivity contribution in [2.75, 3.05) is 6.61 Å². The number of nitrogens with one attached hydrogen (secondary N) is 1. The Hall–Kier alpha value is -4.34. The van der Waals surface area contributed by atoms with E-state index in [0.717, 1.165) is 16.7 Å². The van der Waals surface area contributed by atoms with Crippen molar-refractivity contribution in [2.24, 2.45) is 11.1 Å². The van der Waals surface area contributed by atoms with Gasteiger partial charge in [-0.05, 0) is 41.0 Å². The first-order chi connectivity index (χ1) is 19.2. The Balaban J connectivity index is 1.38. The van der Waals surface area contributed by atoms with E-state index < -0.39 is 29.4 Å². The van der Waals surface area contributed by atoms with E-state index in [4.69, 9.17) is 10.5 Å². The molecule has 0 saturated heterocycles. The van der Waals surface area contributed by atoms with Crippen LogP contribution in [0.25, 0.3) is 11.1 Å². The molecule has 0 aliphatic heterocycles. The third kappa shape index (κ3) is 7.84. The smallest absolute Gasteiger partial charge is 0.329 e. The van der Waals surface area contributed by atoms with Gasteiger partial charge in [0.1, 0.15) is 6.04 Å². The maximum absolute atomic E-state index is 13.0. The summed E-state index contributed by atoms with van der Waals surface area (Å²) < 4.78 is 6.48. The van der Waals surface area contributed by atoms with Crippen molar-refractivity contribution in [1.82, 2.24) is 20.3 Å². The van der Waals surface area contributed by atoms with Gasteiger partial charge in [-0.25, -0.2) is 9.48 Å². The Labute approximate surface area is 234 Å². The highest BCUT2D eigenvalue weighted by molar-refractivity contribution is 5.92. The maximum Gasteiger partial charge on any atom is 0.329 e. The molecule has 4 rings (SSSR count). The molecule has 9 heteroatoms. The molecule has 1 aromatic heterocycles. The molecule has 0 aliphatic rings. The number of carbonyl (C=O) groups excluding carboxylic acids is 2. The number of esters is 1. The van der Waals surface area contributed by atoms with Crippen molar-refractivity contribution < 1.29 is 19.4 Å². The van der Waals surface area contributed by atoms with Gasteiger partial charge in [-0.2, -0.15) is 0 Å². The van der Waals surface area contributed by atoms with Gasteiger partial charge in [-0.3, -0.25) is 4.79 Å². The van der Waals surface area contributed by atoms with Crippen LogP contribution in [-0.2, 0) is 16.3 Å². The number of amides is 1. The molecule has 4 N–H and O–H groups in total. The van der Waals surface area contributed by atoms with Crippen LogP contribution in [0.5, 0.6) is 0 Å². The molecule has 3 aromatic carbocycles. The monoisotopic (exact) mass is 539 g/mol. The lowest BCUT2D eigenvalue weighted by molar-refractivity contribution is -0.149. The zero-order valence-corrected chi connectivity index (χ0v) is 22.3. The topological polar surface area (TPSA) is 132 Å². The summed E-state index contributed by atoms with van der Waals surface area (Å²) >= 11 is 0. The molecule has 2 radical (unpaired) electrons. The third-order valence-electron chi connectivity index (χ3n) is 6.35. The van der Waals surface area contributed by atoms with Crippen molar-refractivity contribution in [3.8, 4) is 11.1 Å². The summed E-state index contributed by atoms with van der Waals surface area (Å²) in [5.41, 5.74) is 9.06. The van der Waals surface area contributed by atoms with Crippen LogP contribution in [0.4, 0.5) is 0 Å². The fourth-order valence-corrected chi connectivity index (χ4v) is 4.12. The molecular weight excluding hydrogens is 506 g/mol. The maximum atomic E-state index is 13.0. The van der Waals surface area contributed by atoms with Gasteiger partial charge in [0.05, 0.1) is 6.20 Å². The lowest BCUT2D eigenvalue weighted by Gasteiger charge is -2.28. The Morgan fingerprint density at radius 1 is 1.05 bits per heavy atom. The number of rotatable bonds is 12. The average molecular weight is 540 g/mol. The summed E-state index contributed by atoms with van der Waals surface area (Å²) in [6, 6.07) is 25.5. The minimum atomic E-state index is -0.936. The number of aliphatic hydroxyl groups excluding tert-OH is 1. The van der Waals surface area contributed by atoms with E-state index in [1.807, 2.05) is 74.0 Å². The van der Waals surface area contributed by atoms with E-state index >= 15 is 0 Å². The van der Waals surface area contributed by atoms with Crippen molar-refractivity contribution in [3.05, 3.63) is 121 Å². The van der Waals surface area contributed by atoms with Crippen LogP contribution in [0.1, 0.15) is 41.0 Å². The third-order valence-corrected chi connectivity index (χ3v) is 6.35. The van der Waals surface area contributed by atoms with E-state index in [-0.39, 0.29) is 19.0 Å². The summed E-state index contributed by atoms with van der Waals surface area (Å²) in [5.74, 6) is -1.09. The van der Waals surface area contributed by atoms with Gasteiger partial charge in [-0.1, -0.05) is 97.1 Å². The zero-order valence-electron chi connectivity index (χ0n) is 22.3. The Kier molecular flexibility index (Phi) is 9.42. The van der Waals surface area contributed by atoms with Crippen LogP contribution in [0, 0.1) is 18.8 Å². The molecule has 0 spiro atoms. The lowest BCUT2D eigenvalue weighted by atomic mass is 9.84. The minimum absolute atomic E-state index is 0.0518. The molecule has 3 atom stereocenters. The quantitative estimate of drug-likeness (QED) is 0.234. The standard InChI is InChI=1S/C31H33N5O4/c1-31(2,20-37)18-26(17-22-13-15-24(16-14-22)23-9-5-3-6-10-23)33-29(38)27-19-36(35-34-27)21-40-30(39)28(32)25-11-7-4-8-12-25/h3-17,19,26,28,37H,1,18,20-21,32H2,2H3,(H,33,38)/t26-,28-,31?/m1/s1. The minimum Gasteiger partial charge on any atom is -0.441 e. The number of nitrogens with two attached hydrogens (primary N) is 1. The molecule has 9 nitrogen and oxygen atoms in total. The first-order valence-electron chi connectivity index (χ1n) is 12.9. The van der Waals surface area contributed by atoms with Crippen LogP contribution < -0.4 is 11.1 Å². The van der Waals surface area contributed by atoms with Gasteiger partial charge in [0.2, 0.25) is 0 Å². The van der Waals surface area contributed by atoms with Crippen LogP contribution >= 0.6 is 0 Å². The molecule has 1 heterocycles. The number of aliphatic hydroxyl groups is 1. The highest BCUT2D eigenvalue weighted by Gasteiger charge is 2.26. The lowest BCUT2D eigenvalue weighted by Crippen LogP contribution is -2.39. The van der Waals surface area contributed by atoms with Crippen LogP contribution in [0.15, 0.2) is 91.1 Å². The SMILES string of the molecule is [CH2]C(C)(CO)C[C@@H]([CH]c1ccc(-c2ccccc2)cc1)NC(=O)c1cn(COC(=O)[C@H](N)c2ccccc2)nn1. The highest BCUT2D eigenvalue weighted by Crippen LogP contribution is 2.25. The van der Waals surface area contributed by atoms with E-state index in [1.165, 1.54) is 10.9 Å². The Bertz CT molecular complexity index is 1390. The number of ether oxygens (including phenoxy) is 1. The molecule has 0 saturated carbocycles. The molecule has 206 valence electrons. The molecule has 0 fully saturated rings. The predicted molar refractivity (Wildman–Crippen MR) is 151 cm³/mol. The second kappa shape index (κ2) is 13.1. The zero-order chi connectivity index (χ0) is 28.5. The largest absolute Gasteiger partial charge is 0.441 e. The number of hydrogen-bond acceptors (Lipinski definition) is 7. The second-order valence-electron chi connectivity index (χ2n) is 10.0. The van der Waals surface area contributed by atoms with Crippen LogP contribution in [0.2, 0.25) is 0 Å². The molecule has 0 aliphatic carbocycles. The summed E-state index contributed by atoms with van der Waals surface area (Å²) in [6.45, 7) is 5.50. The molecular formula is C31H33N5O4. The molecule has 4 aromatic rings. The van der Waals surface area contributed by atoms with Gasteiger partial charge in [-0.15, -0.1) is 5.10 Å². The highest BCUT2D eigenvalue weighted by atomic mass is 16.5. The van der Waals surface area contributed by atoms with Crippen molar-refractivity contribution in [2.45, 2.75) is 32.2 Å². The van der Waals surface area contributed by atoms with Gasteiger partial charge >= 0.3 is 5.97 Å². The van der Waals surface area contributed by atoms with Gasteiger partial charge in [0.25, 0.3) is 5.91 Å². The molecule has 0 bridgehead atoms. The van der Waals surface area contributed by atoms with Crippen LogP contribution in [0.3, 0.4) is 0 Å². The number of benzene rings is 3. The normalized spacial score (nSPS) is 12.9. The average Bonchev–Trinajstić information content (AvgIpc) is 3.46. The first-order valence-corrected chi connectivity index (χ1v) is 12.9. The van der Waals surface area contributed by atoms with Gasteiger partial charge in [0.15, 0.2) is 12.4 Å². The molecule has 1 unspecified atom stereocenters. The molecule has 1 amide bonds. The van der Waals surface area contributed by atoms with E-state index in [1.54, 1.807) is 24.3 Å². The number of nitrogens with zero attached hydrogens (tertiary/aromatic N) is 3. The van der Waals surface area contributed by atoms with E-state index in [2.05, 4.69) is 22.6 Å². The van der Waals surface area contributed by atoms with E-state index in [9.17, 15) is 14.7 Å². The van der Waals surface area contributed by atoms with Crippen LogP contribution in [-0.4, -0.2) is 44.6 Å². The Morgan fingerprint density at radius 2 is 1.68 bits per heavy atom. The Morgan fingerprint density at radius 3 is 2.33 bits per heavy atom. The second-order valence-corrected chi connectivity index (χ2v) is 10.0. The van der Waals surface area contributed by atoms with Crippen molar-refractivity contribution in [3.63, 3.8) is 0 Å². The molecule has 40 heavy (non-hydrogen) atoms. The number of aromatic nitrogens is 3. The number of carbonyl (C=O) groups is 2. The summed E-state index contributed by atoms with van der Waals surface area (Å²) in [5, 5.41) is 20.5. The summed E-state index contributed by atoms with van der Waals surface area (Å²) in [4.78, 5) is 25.4. The fourth-order valence-electron chi connectivity index (χ4n) is 4.12. The fraction of sp³-hybridized carbons (Fsp3) is 0.226. The predicted octanol–water partition coefficient (Wildman–Crippen LogP) is 3.72. The first kappa shape index (κ1) is 28.7. The van der Waals surface area contributed by atoms with Crippen molar-refractivity contribution in [1.29, 1.82) is 0 Å². The summed E-state index contributed by atoms with van der Waals surface area (Å²) in [7, 11) is 0. The van der Waals surface area contributed by atoms with E-state index in [0.29, 0.717) is 12.0 Å². The van der Waals surface area contributed by atoms with Gasteiger partial charge < -0.3 is 20.9 Å². The van der Waals surface area contributed by atoms with Gasteiger partial charge in [0, 0.05) is 19.1 Å².